The lowest BCUT2D eigenvalue weighted by Crippen LogP contribution is -2.39. The van der Waals surface area contributed by atoms with Crippen LogP contribution < -0.4 is 15.0 Å². The van der Waals surface area contributed by atoms with E-state index in [2.05, 4.69) is 5.32 Å². The van der Waals surface area contributed by atoms with Crippen molar-refractivity contribution in [1.82, 2.24) is 5.32 Å². The van der Waals surface area contributed by atoms with Gasteiger partial charge in [0.15, 0.2) is 0 Å². The molecule has 0 saturated heterocycles. The molecule has 2 amide bonds. The number of rotatable bonds is 5. The maximum atomic E-state index is 12.6. The van der Waals surface area contributed by atoms with Crippen molar-refractivity contribution < 1.29 is 19.1 Å². The Morgan fingerprint density at radius 1 is 1.41 bits per heavy atom. The number of methoxy groups -OCH3 is 1. The topological polar surface area (TPSA) is 67.9 Å². The van der Waals surface area contributed by atoms with E-state index in [1.54, 1.807) is 26.0 Å². The van der Waals surface area contributed by atoms with Crippen LogP contribution in [0.5, 0.6) is 5.75 Å². The number of ether oxygens (including phenoxy) is 2. The molecule has 0 fully saturated rings. The van der Waals surface area contributed by atoms with Crippen LogP contribution in [-0.4, -0.2) is 39.3 Å². The molecule has 0 radical (unpaired) electrons. The molecule has 1 heterocycles. The first-order valence-electron chi connectivity index (χ1n) is 7.31. The van der Waals surface area contributed by atoms with E-state index in [0.29, 0.717) is 25.3 Å². The summed E-state index contributed by atoms with van der Waals surface area (Å²) in [5, 5.41) is 2.67. The lowest BCUT2D eigenvalue weighted by molar-refractivity contribution is -0.122. The van der Waals surface area contributed by atoms with Crippen LogP contribution in [0.4, 0.5) is 10.5 Å². The van der Waals surface area contributed by atoms with E-state index >= 15 is 0 Å². The smallest absolute Gasteiger partial charge is 0.407 e. The fourth-order valence-electron chi connectivity index (χ4n) is 2.81. The van der Waals surface area contributed by atoms with Crippen LogP contribution in [0.1, 0.15) is 25.8 Å². The number of amides is 2. The van der Waals surface area contributed by atoms with Crippen molar-refractivity contribution in [2.45, 2.75) is 25.7 Å². The number of carbonyl (C=O) groups excluding carboxylic acids is 2. The number of alkyl carbamates (subject to hydrolysis) is 1. The number of carbonyl (C=O) groups is 2. The minimum Gasteiger partial charge on any atom is -0.497 e. The molecule has 0 aromatic heterocycles. The van der Waals surface area contributed by atoms with Gasteiger partial charge in [-0.2, -0.15) is 0 Å². The summed E-state index contributed by atoms with van der Waals surface area (Å²) < 4.78 is 10.1. The van der Waals surface area contributed by atoms with Gasteiger partial charge in [0.2, 0.25) is 5.91 Å². The van der Waals surface area contributed by atoms with E-state index in [1.807, 2.05) is 25.1 Å². The molecule has 2 rings (SSSR count). The van der Waals surface area contributed by atoms with Crippen LogP contribution in [-0.2, 0) is 14.9 Å². The van der Waals surface area contributed by atoms with Crippen molar-refractivity contribution in [3.8, 4) is 5.75 Å². The number of benzene rings is 1. The van der Waals surface area contributed by atoms with E-state index in [1.165, 1.54) is 0 Å². The highest BCUT2D eigenvalue weighted by atomic mass is 16.5. The summed E-state index contributed by atoms with van der Waals surface area (Å²) in [4.78, 5) is 25.6. The molecule has 1 unspecified atom stereocenters. The first kappa shape index (κ1) is 16.1. The van der Waals surface area contributed by atoms with E-state index in [-0.39, 0.29) is 5.91 Å². The molecule has 0 spiro atoms. The van der Waals surface area contributed by atoms with Gasteiger partial charge in [0.05, 0.1) is 19.1 Å². The Balaban J connectivity index is 2.19. The molecule has 6 heteroatoms. The number of hydrogen-bond acceptors (Lipinski definition) is 4. The highest BCUT2D eigenvalue weighted by Gasteiger charge is 2.45. The SMILES string of the molecule is CCOC(=O)NCCC1(C)C(=O)N(C)c2ccc(OC)cc21. The minimum absolute atomic E-state index is 0.0152. The number of fused-ring (bicyclic) bond motifs is 1. The number of hydrogen-bond donors (Lipinski definition) is 1. The van der Waals surface area contributed by atoms with E-state index in [4.69, 9.17) is 9.47 Å². The largest absolute Gasteiger partial charge is 0.497 e. The molecule has 1 aliphatic heterocycles. The second kappa shape index (κ2) is 6.25. The number of nitrogens with zero attached hydrogens (tertiary/aromatic N) is 1. The Kier molecular flexibility index (Phi) is 4.59. The first-order chi connectivity index (χ1) is 10.4. The number of anilines is 1. The van der Waals surface area contributed by atoms with Crippen molar-refractivity contribution >= 4 is 17.7 Å². The highest BCUT2D eigenvalue weighted by molar-refractivity contribution is 6.07. The van der Waals surface area contributed by atoms with Gasteiger partial charge in [-0.1, -0.05) is 0 Å². The molecular formula is C16H22N2O4. The summed E-state index contributed by atoms with van der Waals surface area (Å²) in [7, 11) is 3.36. The third kappa shape index (κ3) is 2.73. The Hall–Kier alpha value is -2.24. The summed E-state index contributed by atoms with van der Waals surface area (Å²) in [5.41, 5.74) is 1.12. The summed E-state index contributed by atoms with van der Waals surface area (Å²) in [6.45, 7) is 4.33. The van der Waals surface area contributed by atoms with Gasteiger partial charge in [-0.05, 0) is 44.0 Å². The Morgan fingerprint density at radius 3 is 2.77 bits per heavy atom. The van der Waals surface area contributed by atoms with E-state index < -0.39 is 11.5 Å². The number of likely N-dealkylation sites (N-methyl/N-ethyl adjacent to an activating group) is 1. The van der Waals surface area contributed by atoms with Gasteiger partial charge in [0, 0.05) is 19.3 Å². The van der Waals surface area contributed by atoms with Gasteiger partial charge in [0.1, 0.15) is 5.75 Å². The van der Waals surface area contributed by atoms with Crippen molar-refractivity contribution in [1.29, 1.82) is 0 Å². The van der Waals surface area contributed by atoms with Crippen LogP contribution in [0, 0.1) is 0 Å². The van der Waals surface area contributed by atoms with Gasteiger partial charge >= 0.3 is 6.09 Å². The third-order valence-electron chi connectivity index (χ3n) is 4.11. The molecule has 0 bridgehead atoms. The summed E-state index contributed by atoms with van der Waals surface area (Å²) >= 11 is 0. The zero-order chi connectivity index (χ0) is 16.3. The zero-order valence-corrected chi connectivity index (χ0v) is 13.4. The molecule has 1 aromatic carbocycles. The molecule has 0 saturated carbocycles. The third-order valence-corrected chi connectivity index (χ3v) is 4.11. The lowest BCUT2D eigenvalue weighted by atomic mass is 9.80. The van der Waals surface area contributed by atoms with Gasteiger partial charge < -0.3 is 19.7 Å². The van der Waals surface area contributed by atoms with Crippen molar-refractivity contribution in [3.63, 3.8) is 0 Å². The van der Waals surface area contributed by atoms with Crippen LogP contribution >= 0.6 is 0 Å². The molecule has 22 heavy (non-hydrogen) atoms. The molecular weight excluding hydrogens is 284 g/mol. The standard InChI is InChI=1S/C16H22N2O4/c1-5-22-15(20)17-9-8-16(2)12-10-11(21-4)6-7-13(12)18(3)14(16)19/h6-7,10H,5,8-9H2,1-4H3,(H,17,20). The minimum atomic E-state index is -0.682. The maximum Gasteiger partial charge on any atom is 0.407 e. The Labute approximate surface area is 130 Å². The van der Waals surface area contributed by atoms with Crippen LogP contribution in [0.2, 0.25) is 0 Å². The molecule has 120 valence electrons. The predicted molar refractivity (Wildman–Crippen MR) is 83.4 cm³/mol. The van der Waals surface area contributed by atoms with Gasteiger partial charge in [0.25, 0.3) is 0 Å². The Morgan fingerprint density at radius 2 is 2.14 bits per heavy atom. The normalized spacial score (nSPS) is 19.8. The maximum absolute atomic E-state index is 12.6. The quantitative estimate of drug-likeness (QED) is 0.904. The molecule has 1 N–H and O–H groups in total. The van der Waals surface area contributed by atoms with Crippen molar-refractivity contribution in [2.75, 3.05) is 32.2 Å². The average molecular weight is 306 g/mol. The molecule has 1 aliphatic rings. The fourth-order valence-corrected chi connectivity index (χ4v) is 2.81. The van der Waals surface area contributed by atoms with Crippen LogP contribution in [0.25, 0.3) is 0 Å². The fraction of sp³-hybridized carbons (Fsp3) is 0.500. The van der Waals surface area contributed by atoms with E-state index in [9.17, 15) is 9.59 Å². The Bertz CT molecular complexity index is 588. The summed E-state index contributed by atoms with van der Waals surface area (Å²) in [6, 6.07) is 5.61. The van der Waals surface area contributed by atoms with Crippen molar-refractivity contribution in [3.05, 3.63) is 23.8 Å². The van der Waals surface area contributed by atoms with E-state index in [0.717, 1.165) is 11.3 Å². The second-order valence-electron chi connectivity index (χ2n) is 5.48. The molecule has 6 nitrogen and oxygen atoms in total. The lowest BCUT2D eigenvalue weighted by Gasteiger charge is -2.23. The molecule has 1 atom stereocenters. The molecule has 0 aliphatic carbocycles. The first-order valence-corrected chi connectivity index (χ1v) is 7.31. The van der Waals surface area contributed by atoms with Gasteiger partial charge in [-0.15, -0.1) is 0 Å². The van der Waals surface area contributed by atoms with Gasteiger partial charge in [-0.25, -0.2) is 4.79 Å². The van der Waals surface area contributed by atoms with Crippen LogP contribution in [0.15, 0.2) is 18.2 Å². The number of nitrogens with one attached hydrogen (secondary N) is 1. The monoisotopic (exact) mass is 306 g/mol. The van der Waals surface area contributed by atoms with Gasteiger partial charge in [-0.3, -0.25) is 4.79 Å². The van der Waals surface area contributed by atoms with Crippen LogP contribution in [0.3, 0.4) is 0 Å². The zero-order valence-electron chi connectivity index (χ0n) is 13.4. The summed E-state index contributed by atoms with van der Waals surface area (Å²) in [6.07, 6.45) is 0.0329. The average Bonchev–Trinajstić information content (AvgIpc) is 2.69. The predicted octanol–water partition coefficient (Wildman–Crippen LogP) is 2.07. The molecule has 1 aromatic rings. The second-order valence-corrected chi connectivity index (χ2v) is 5.48. The highest BCUT2D eigenvalue weighted by Crippen LogP contribution is 2.44. The van der Waals surface area contributed by atoms with Crippen molar-refractivity contribution in [2.24, 2.45) is 0 Å². The summed E-state index contributed by atoms with van der Waals surface area (Å²) in [5.74, 6) is 0.729.